The molecule has 98 valence electrons. The Balaban J connectivity index is 2.84. The Labute approximate surface area is 105 Å². The first-order valence-corrected chi connectivity index (χ1v) is 5.57. The predicted octanol–water partition coefficient (Wildman–Crippen LogP) is -0.0923. The summed E-state index contributed by atoms with van der Waals surface area (Å²) in [5.41, 5.74) is 1.03. The lowest BCUT2D eigenvalue weighted by Crippen LogP contribution is -2.44. The number of aryl methyl sites for hydroxylation is 1. The maximum absolute atomic E-state index is 11.9. The Hall–Kier alpha value is -1.95. The van der Waals surface area contributed by atoms with Crippen LogP contribution in [0.4, 0.5) is 0 Å². The lowest BCUT2D eigenvalue weighted by Gasteiger charge is -2.14. The molecule has 1 rings (SSSR count). The average molecular weight is 252 g/mol. The van der Waals surface area contributed by atoms with Crippen molar-refractivity contribution in [1.82, 2.24) is 10.3 Å². The highest BCUT2D eigenvalue weighted by molar-refractivity contribution is 5.96. The number of carbonyl (C=O) groups is 2. The van der Waals surface area contributed by atoms with Crippen LogP contribution in [0.15, 0.2) is 18.3 Å². The van der Waals surface area contributed by atoms with Gasteiger partial charge in [0.1, 0.15) is 5.69 Å². The normalized spacial score (nSPS) is 11.7. The molecule has 1 amide bonds. The van der Waals surface area contributed by atoms with Gasteiger partial charge in [0.05, 0.1) is 13.7 Å². The van der Waals surface area contributed by atoms with Gasteiger partial charge in [0, 0.05) is 6.20 Å². The predicted molar refractivity (Wildman–Crippen MR) is 64.0 cm³/mol. The third kappa shape index (κ3) is 3.27. The number of aliphatic hydroxyl groups excluding tert-OH is 1. The molecule has 6 nitrogen and oxygen atoms in total. The molecule has 0 aliphatic heterocycles. The zero-order valence-corrected chi connectivity index (χ0v) is 10.3. The van der Waals surface area contributed by atoms with Crippen LogP contribution in [0.3, 0.4) is 0 Å². The third-order valence-corrected chi connectivity index (χ3v) is 2.46. The van der Waals surface area contributed by atoms with Crippen LogP contribution in [0, 0.1) is 0 Å². The van der Waals surface area contributed by atoms with Crippen LogP contribution in [-0.2, 0) is 16.0 Å². The molecule has 0 saturated heterocycles. The molecule has 0 radical (unpaired) electrons. The van der Waals surface area contributed by atoms with Gasteiger partial charge in [-0.2, -0.15) is 0 Å². The second-order valence-corrected chi connectivity index (χ2v) is 3.60. The highest BCUT2D eigenvalue weighted by Gasteiger charge is 2.22. The Morgan fingerprint density at radius 1 is 1.56 bits per heavy atom. The van der Waals surface area contributed by atoms with E-state index in [9.17, 15) is 9.59 Å². The number of aromatic nitrogens is 1. The van der Waals surface area contributed by atoms with E-state index in [1.165, 1.54) is 13.3 Å². The minimum atomic E-state index is -1.07. The van der Waals surface area contributed by atoms with Crippen molar-refractivity contribution >= 4 is 11.9 Å². The van der Waals surface area contributed by atoms with E-state index < -0.39 is 24.5 Å². The maximum Gasteiger partial charge on any atom is 0.330 e. The third-order valence-electron chi connectivity index (χ3n) is 2.46. The van der Waals surface area contributed by atoms with E-state index in [1.807, 2.05) is 6.92 Å². The standard InChI is InChI=1S/C12H16N2O4/c1-3-8-5-4-6-13-10(8)11(16)14-9(7-15)12(17)18-2/h4-6,9,15H,3,7H2,1-2H3,(H,14,16)/t9-/m0/s1. The van der Waals surface area contributed by atoms with Gasteiger partial charge in [-0.15, -0.1) is 0 Å². The number of nitrogens with zero attached hydrogens (tertiary/aromatic N) is 1. The van der Waals surface area contributed by atoms with E-state index in [2.05, 4.69) is 15.0 Å². The first-order valence-electron chi connectivity index (χ1n) is 5.57. The van der Waals surface area contributed by atoms with Crippen LogP contribution in [0.2, 0.25) is 0 Å². The molecule has 1 aromatic heterocycles. The summed E-state index contributed by atoms with van der Waals surface area (Å²) in [6.07, 6.45) is 2.15. The second kappa shape index (κ2) is 6.70. The Kier molecular flexibility index (Phi) is 5.26. The molecule has 1 atom stereocenters. The van der Waals surface area contributed by atoms with Gasteiger partial charge in [-0.25, -0.2) is 4.79 Å². The van der Waals surface area contributed by atoms with E-state index in [-0.39, 0.29) is 5.69 Å². The van der Waals surface area contributed by atoms with Crippen molar-refractivity contribution in [3.63, 3.8) is 0 Å². The summed E-state index contributed by atoms with van der Waals surface area (Å²) < 4.78 is 4.46. The van der Waals surface area contributed by atoms with Crippen LogP contribution in [0.25, 0.3) is 0 Å². The topological polar surface area (TPSA) is 88.5 Å². The van der Waals surface area contributed by atoms with E-state index in [0.717, 1.165) is 5.56 Å². The first kappa shape index (κ1) is 14.1. The first-order chi connectivity index (χ1) is 8.63. The summed E-state index contributed by atoms with van der Waals surface area (Å²) in [4.78, 5) is 27.1. The molecule has 1 heterocycles. The summed E-state index contributed by atoms with van der Waals surface area (Å²) in [6, 6.07) is 2.45. The van der Waals surface area contributed by atoms with Crippen molar-refractivity contribution in [3.8, 4) is 0 Å². The molecule has 6 heteroatoms. The number of carbonyl (C=O) groups excluding carboxylic acids is 2. The monoisotopic (exact) mass is 252 g/mol. The van der Waals surface area contributed by atoms with Gasteiger partial charge in [-0.3, -0.25) is 9.78 Å². The minimum Gasteiger partial charge on any atom is -0.467 e. The number of hydrogen-bond donors (Lipinski definition) is 2. The summed E-state index contributed by atoms with van der Waals surface area (Å²) in [7, 11) is 1.19. The molecule has 0 saturated carbocycles. The number of amides is 1. The number of methoxy groups -OCH3 is 1. The minimum absolute atomic E-state index is 0.252. The lowest BCUT2D eigenvalue weighted by atomic mass is 10.1. The molecule has 0 aliphatic rings. The molecule has 0 unspecified atom stereocenters. The molecule has 18 heavy (non-hydrogen) atoms. The van der Waals surface area contributed by atoms with Crippen LogP contribution in [-0.4, -0.2) is 41.7 Å². The van der Waals surface area contributed by atoms with Crippen LogP contribution in [0.5, 0.6) is 0 Å². The van der Waals surface area contributed by atoms with Gasteiger partial charge in [0.25, 0.3) is 5.91 Å². The van der Waals surface area contributed by atoms with Gasteiger partial charge in [0.15, 0.2) is 6.04 Å². The number of ether oxygens (including phenoxy) is 1. The van der Waals surface area contributed by atoms with E-state index in [4.69, 9.17) is 5.11 Å². The SMILES string of the molecule is CCc1cccnc1C(=O)N[C@@H](CO)C(=O)OC. The summed E-state index contributed by atoms with van der Waals surface area (Å²) in [6.45, 7) is 1.38. The van der Waals surface area contributed by atoms with Crippen LogP contribution >= 0.6 is 0 Å². The fraction of sp³-hybridized carbons (Fsp3) is 0.417. The van der Waals surface area contributed by atoms with Gasteiger partial charge < -0.3 is 15.2 Å². The summed E-state index contributed by atoms with van der Waals surface area (Å²) >= 11 is 0. The van der Waals surface area contributed by atoms with E-state index >= 15 is 0 Å². The molecule has 0 bridgehead atoms. The van der Waals surface area contributed by atoms with Gasteiger partial charge >= 0.3 is 5.97 Å². The smallest absolute Gasteiger partial charge is 0.330 e. The molecule has 1 aromatic rings. The summed E-state index contributed by atoms with van der Waals surface area (Å²) in [5, 5.41) is 11.4. The highest BCUT2D eigenvalue weighted by Crippen LogP contribution is 2.06. The van der Waals surface area contributed by atoms with Crippen molar-refractivity contribution in [3.05, 3.63) is 29.6 Å². The van der Waals surface area contributed by atoms with Crippen molar-refractivity contribution < 1.29 is 19.4 Å². The number of nitrogens with one attached hydrogen (secondary N) is 1. The van der Waals surface area contributed by atoms with Gasteiger partial charge in [-0.05, 0) is 18.1 Å². The molecule has 0 aliphatic carbocycles. The number of hydrogen-bond acceptors (Lipinski definition) is 5. The second-order valence-electron chi connectivity index (χ2n) is 3.60. The fourth-order valence-corrected chi connectivity index (χ4v) is 1.48. The quantitative estimate of drug-likeness (QED) is 0.715. The van der Waals surface area contributed by atoms with Crippen molar-refractivity contribution in [2.24, 2.45) is 0 Å². The van der Waals surface area contributed by atoms with Crippen LogP contribution < -0.4 is 5.32 Å². The highest BCUT2D eigenvalue weighted by atomic mass is 16.5. The number of pyridine rings is 1. The molecular weight excluding hydrogens is 236 g/mol. The lowest BCUT2D eigenvalue weighted by molar-refractivity contribution is -0.143. The molecule has 0 aromatic carbocycles. The Morgan fingerprint density at radius 3 is 2.83 bits per heavy atom. The maximum atomic E-state index is 11.9. The van der Waals surface area contributed by atoms with Gasteiger partial charge in [0.2, 0.25) is 0 Å². The zero-order valence-electron chi connectivity index (χ0n) is 10.3. The summed E-state index contributed by atoms with van der Waals surface area (Å²) in [5.74, 6) is -1.20. The molecular formula is C12H16N2O4. The number of aliphatic hydroxyl groups is 1. The van der Waals surface area contributed by atoms with E-state index in [0.29, 0.717) is 6.42 Å². The average Bonchev–Trinajstić information content (AvgIpc) is 2.43. The number of rotatable bonds is 5. The molecule has 2 N–H and O–H groups in total. The molecule has 0 spiro atoms. The van der Waals surface area contributed by atoms with Crippen molar-refractivity contribution in [2.45, 2.75) is 19.4 Å². The number of esters is 1. The van der Waals surface area contributed by atoms with Crippen molar-refractivity contribution in [1.29, 1.82) is 0 Å². The van der Waals surface area contributed by atoms with Crippen molar-refractivity contribution in [2.75, 3.05) is 13.7 Å². The Bertz CT molecular complexity index is 434. The van der Waals surface area contributed by atoms with Crippen LogP contribution in [0.1, 0.15) is 23.0 Å². The largest absolute Gasteiger partial charge is 0.467 e. The Morgan fingerprint density at radius 2 is 2.28 bits per heavy atom. The zero-order chi connectivity index (χ0) is 13.5. The van der Waals surface area contributed by atoms with E-state index in [1.54, 1.807) is 12.1 Å². The fourth-order valence-electron chi connectivity index (χ4n) is 1.48. The molecule has 0 fully saturated rings. The van der Waals surface area contributed by atoms with Gasteiger partial charge in [-0.1, -0.05) is 13.0 Å².